The Balaban J connectivity index is 1.52. The van der Waals surface area contributed by atoms with Crippen LogP contribution in [0.1, 0.15) is 27.9 Å². The van der Waals surface area contributed by atoms with Crippen molar-refractivity contribution in [2.45, 2.75) is 13.0 Å². The van der Waals surface area contributed by atoms with Gasteiger partial charge in [-0.05, 0) is 19.1 Å². The molecule has 8 heteroatoms. The van der Waals surface area contributed by atoms with E-state index in [1.54, 1.807) is 10.7 Å². The lowest BCUT2D eigenvalue weighted by atomic mass is 10.1. The number of rotatable bonds is 5. The molecule has 138 valence electrons. The van der Waals surface area contributed by atoms with Gasteiger partial charge in [-0.15, -0.1) is 0 Å². The van der Waals surface area contributed by atoms with E-state index >= 15 is 0 Å². The summed E-state index contributed by atoms with van der Waals surface area (Å²) >= 11 is 0. The van der Waals surface area contributed by atoms with Crippen molar-refractivity contribution in [3.8, 4) is 0 Å². The van der Waals surface area contributed by atoms with E-state index in [9.17, 15) is 4.79 Å². The molecule has 0 bridgehead atoms. The third kappa shape index (κ3) is 3.13. The summed E-state index contributed by atoms with van der Waals surface area (Å²) < 4.78 is 14.9. The Morgan fingerprint density at radius 2 is 2.12 bits per heavy atom. The van der Waals surface area contributed by atoms with Gasteiger partial charge >= 0.3 is 0 Å². The molecule has 0 saturated carbocycles. The molecule has 1 saturated heterocycles. The topological polar surface area (TPSA) is 76.9 Å². The zero-order valence-electron chi connectivity index (χ0n) is 15.0. The van der Waals surface area contributed by atoms with E-state index in [1.807, 2.05) is 43.1 Å². The summed E-state index contributed by atoms with van der Waals surface area (Å²) in [5.74, 6) is 1.60. The number of fused-ring (bicyclic) bond motifs is 1. The van der Waals surface area contributed by atoms with Gasteiger partial charge in [-0.3, -0.25) is 9.69 Å². The highest BCUT2D eigenvalue weighted by Crippen LogP contribution is 2.23. The number of nitrogens with one attached hydrogen (secondary N) is 1. The normalized spacial score (nSPS) is 16.8. The number of carbonyl (C=O) groups is 1. The van der Waals surface area contributed by atoms with Gasteiger partial charge in [-0.25, -0.2) is 4.52 Å². The van der Waals surface area contributed by atoms with Gasteiger partial charge in [0.2, 0.25) is 0 Å². The van der Waals surface area contributed by atoms with Crippen molar-refractivity contribution in [2.24, 2.45) is 7.05 Å². The molecule has 0 spiro atoms. The average molecular weight is 357 g/mol. The minimum Gasteiger partial charge on any atom is -0.465 e. The highest BCUT2D eigenvalue weighted by Gasteiger charge is 2.26. The van der Waals surface area contributed by atoms with Crippen molar-refractivity contribution in [3.05, 3.63) is 47.8 Å². The molecule has 3 aromatic rings. The Labute approximate surface area is 151 Å². The van der Waals surface area contributed by atoms with Crippen molar-refractivity contribution in [1.29, 1.82) is 0 Å². The zero-order valence-corrected chi connectivity index (χ0v) is 15.0. The Morgan fingerprint density at radius 1 is 1.31 bits per heavy atom. The quantitative estimate of drug-likeness (QED) is 0.746. The number of aromatic nitrogens is 3. The van der Waals surface area contributed by atoms with Gasteiger partial charge in [0.15, 0.2) is 0 Å². The lowest BCUT2D eigenvalue weighted by Gasteiger charge is -2.33. The van der Waals surface area contributed by atoms with Crippen LogP contribution < -0.4 is 5.32 Å². The Bertz CT molecular complexity index is 903. The van der Waals surface area contributed by atoms with Crippen molar-refractivity contribution < 1.29 is 13.9 Å². The molecular weight excluding hydrogens is 334 g/mol. The van der Waals surface area contributed by atoms with Crippen LogP contribution in [0.2, 0.25) is 0 Å². The monoisotopic (exact) mass is 357 g/mol. The first kappa shape index (κ1) is 16.9. The van der Waals surface area contributed by atoms with Crippen molar-refractivity contribution in [1.82, 2.24) is 24.4 Å². The number of carbonyl (C=O) groups excluding carboxylic acids is 1. The SMILES string of the molecule is Cc1ccc([C@H](CNC(=O)c2cnn3ccn(C)c23)N2CCOCC2)o1. The van der Waals surface area contributed by atoms with Gasteiger partial charge in [0.25, 0.3) is 5.91 Å². The first-order valence-electron chi connectivity index (χ1n) is 8.78. The summed E-state index contributed by atoms with van der Waals surface area (Å²) in [5, 5.41) is 7.28. The molecule has 8 nitrogen and oxygen atoms in total. The number of ether oxygens (including phenoxy) is 1. The van der Waals surface area contributed by atoms with E-state index in [0.29, 0.717) is 25.3 Å². The summed E-state index contributed by atoms with van der Waals surface area (Å²) in [6, 6.07) is 3.92. The maximum atomic E-state index is 12.7. The fraction of sp³-hybridized carbons (Fsp3) is 0.444. The fourth-order valence-corrected chi connectivity index (χ4v) is 3.43. The van der Waals surface area contributed by atoms with Crippen LogP contribution in [-0.4, -0.2) is 57.8 Å². The average Bonchev–Trinajstić information content (AvgIpc) is 3.35. The van der Waals surface area contributed by atoms with Gasteiger partial charge < -0.3 is 19.0 Å². The second-order valence-electron chi connectivity index (χ2n) is 6.56. The molecule has 1 aliphatic rings. The lowest BCUT2D eigenvalue weighted by Crippen LogP contribution is -2.43. The summed E-state index contributed by atoms with van der Waals surface area (Å²) in [5.41, 5.74) is 1.34. The van der Waals surface area contributed by atoms with Crippen LogP contribution in [0.15, 0.2) is 35.1 Å². The Hall–Kier alpha value is -2.58. The number of nitrogens with zero attached hydrogens (tertiary/aromatic N) is 4. The molecule has 0 aliphatic carbocycles. The van der Waals surface area contributed by atoms with Crippen LogP contribution in [0.25, 0.3) is 5.65 Å². The minimum absolute atomic E-state index is 0.0176. The number of hydrogen-bond donors (Lipinski definition) is 1. The number of morpholine rings is 1. The first-order valence-corrected chi connectivity index (χ1v) is 8.78. The second-order valence-corrected chi connectivity index (χ2v) is 6.56. The van der Waals surface area contributed by atoms with E-state index in [4.69, 9.17) is 9.15 Å². The van der Waals surface area contributed by atoms with E-state index in [1.165, 1.54) is 0 Å². The molecule has 1 fully saturated rings. The van der Waals surface area contributed by atoms with Gasteiger partial charge in [0, 0.05) is 39.1 Å². The molecule has 1 amide bonds. The smallest absolute Gasteiger partial charge is 0.256 e. The summed E-state index contributed by atoms with van der Waals surface area (Å²) in [4.78, 5) is 15.0. The van der Waals surface area contributed by atoms with E-state index in [0.717, 1.165) is 30.3 Å². The molecule has 26 heavy (non-hydrogen) atoms. The Kier molecular flexibility index (Phi) is 4.52. The highest BCUT2D eigenvalue weighted by atomic mass is 16.5. The minimum atomic E-state index is -0.136. The molecule has 3 aromatic heterocycles. The predicted molar refractivity (Wildman–Crippen MR) is 95.1 cm³/mol. The summed E-state index contributed by atoms with van der Waals surface area (Å²) in [6.45, 7) is 5.41. The molecule has 1 N–H and O–H groups in total. The van der Waals surface area contributed by atoms with Gasteiger partial charge in [0.1, 0.15) is 22.7 Å². The molecular formula is C18H23N5O3. The molecule has 0 aromatic carbocycles. The molecule has 4 heterocycles. The Morgan fingerprint density at radius 3 is 2.85 bits per heavy atom. The molecule has 4 rings (SSSR count). The van der Waals surface area contributed by atoms with Crippen LogP contribution in [0.3, 0.4) is 0 Å². The van der Waals surface area contributed by atoms with Gasteiger partial charge in [-0.1, -0.05) is 0 Å². The number of imidazole rings is 1. The van der Waals surface area contributed by atoms with Gasteiger partial charge in [-0.2, -0.15) is 5.10 Å². The van der Waals surface area contributed by atoms with Gasteiger partial charge in [0.05, 0.1) is 25.5 Å². The van der Waals surface area contributed by atoms with Crippen molar-refractivity contribution >= 4 is 11.6 Å². The van der Waals surface area contributed by atoms with Crippen LogP contribution in [-0.2, 0) is 11.8 Å². The van der Waals surface area contributed by atoms with Crippen molar-refractivity contribution in [2.75, 3.05) is 32.8 Å². The highest BCUT2D eigenvalue weighted by molar-refractivity contribution is 5.99. The van der Waals surface area contributed by atoms with E-state index < -0.39 is 0 Å². The van der Waals surface area contributed by atoms with E-state index in [2.05, 4.69) is 15.3 Å². The summed E-state index contributed by atoms with van der Waals surface area (Å²) in [6.07, 6.45) is 5.31. The maximum absolute atomic E-state index is 12.7. The van der Waals surface area contributed by atoms with Crippen LogP contribution in [0.4, 0.5) is 0 Å². The standard InChI is InChI=1S/C18H23N5O3/c1-13-3-4-16(26-13)15(22-7-9-25-10-8-22)12-19-17(24)14-11-20-23-6-5-21(2)18(14)23/h3-6,11,15H,7-10,12H2,1-2H3,(H,19,24)/t15-/m0/s1. The number of furan rings is 1. The predicted octanol–water partition coefficient (Wildman–Crippen LogP) is 1.38. The maximum Gasteiger partial charge on any atom is 0.256 e. The van der Waals surface area contributed by atoms with E-state index in [-0.39, 0.29) is 11.9 Å². The first-order chi connectivity index (χ1) is 12.6. The molecule has 1 atom stereocenters. The summed E-state index contributed by atoms with van der Waals surface area (Å²) in [7, 11) is 1.90. The third-order valence-electron chi connectivity index (χ3n) is 4.81. The van der Waals surface area contributed by atoms with Crippen LogP contribution in [0, 0.1) is 6.92 Å². The largest absolute Gasteiger partial charge is 0.465 e. The van der Waals surface area contributed by atoms with Crippen LogP contribution in [0.5, 0.6) is 0 Å². The zero-order chi connectivity index (χ0) is 18.1. The fourth-order valence-electron chi connectivity index (χ4n) is 3.43. The molecule has 1 aliphatic heterocycles. The number of amides is 1. The van der Waals surface area contributed by atoms with Crippen LogP contribution >= 0.6 is 0 Å². The third-order valence-corrected chi connectivity index (χ3v) is 4.81. The number of hydrogen-bond acceptors (Lipinski definition) is 5. The lowest BCUT2D eigenvalue weighted by molar-refractivity contribution is 0.0117. The van der Waals surface area contributed by atoms with Crippen molar-refractivity contribution in [3.63, 3.8) is 0 Å². The number of aryl methyl sites for hydroxylation is 2. The molecule has 0 radical (unpaired) electrons. The second kappa shape index (κ2) is 6.97. The molecule has 0 unspecified atom stereocenters.